The highest BCUT2D eigenvalue weighted by Crippen LogP contribution is 2.36. The van der Waals surface area contributed by atoms with Crippen molar-refractivity contribution in [1.29, 1.82) is 0 Å². The molecule has 0 N–H and O–H groups in total. The largest absolute Gasteiger partial charge is 0.497 e. The van der Waals surface area contributed by atoms with E-state index in [4.69, 9.17) is 21.1 Å². The number of hydrogen-bond acceptors (Lipinski definition) is 4. The molecule has 0 bridgehead atoms. The molecule has 5 nitrogen and oxygen atoms in total. The second-order valence-corrected chi connectivity index (χ2v) is 6.94. The van der Waals surface area contributed by atoms with Crippen molar-refractivity contribution >= 4 is 33.3 Å². The molecule has 0 saturated heterocycles. The van der Waals surface area contributed by atoms with Gasteiger partial charge in [0.2, 0.25) is 0 Å². The van der Waals surface area contributed by atoms with Crippen molar-refractivity contribution < 1.29 is 9.47 Å². The number of pyridine rings is 2. The second-order valence-electron chi connectivity index (χ2n) is 6.54. The number of fused-ring (bicyclic) bond motifs is 3. The zero-order valence-electron chi connectivity index (χ0n) is 15.8. The molecule has 0 aliphatic carbocycles. The fraction of sp³-hybridized carbons (Fsp3) is 0.182. The maximum atomic E-state index is 13.5. The lowest BCUT2D eigenvalue weighted by Gasteiger charge is -2.17. The third-order valence-electron chi connectivity index (χ3n) is 4.95. The Hall–Kier alpha value is -3.05. The van der Waals surface area contributed by atoms with E-state index in [1.807, 2.05) is 43.3 Å². The molecule has 0 saturated carbocycles. The van der Waals surface area contributed by atoms with Gasteiger partial charge in [-0.2, -0.15) is 0 Å². The van der Waals surface area contributed by atoms with Crippen LogP contribution in [0.3, 0.4) is 0 Å². The van der Waals surface area contributed by atoms with E-state index in [0.29, 0.717) is 33.9 Å². The first-order chi connectivity index (χ1) is 13.5. The van der Waals surface area contributed by atoms with E-state index in [-0.39, 0.29) is 5.56 Å². The van der Waals surface area contributed by atoms with Crippen LogP contribution >= 0.6 is 11.6 Å². The van der Waals surface area contributed by atoms with Crippen molar-refractivity contribution in [2.75, 3.05) is 14.2 Å². The van der Waals surface area contributed by atoms with Gasteiger partial charge in [0.05, 0.1) is 42.4 Å². The van der Waals surface area contributed by atoms with Crippen molar-refractivity contribution in [3.8, 4) is 11.5 Å². The maximum absolute atomic E-state index is 13.5. The lowest BCUT2D eigenvalue weighted by Crippen LogP contribution is -2.23. The summed E-state index contributed by atoms with van der Waals surface area (Å²) in [5, 5.41) is 2.80. The summed E-state index contributed by atoms with van der Waals surface area (Å²) in [6.07, 6.45) is 1.71. The zero-order chi connectivity index (χ0) is 19.8. The topological polar surface area (TPSA) is 53.4 Å². The summed E-state index contributed by atoms with van der Waals surface area (Å²) in [4.78, 5) is 17.8. The highest BCUT2D eigenvalue weighted by Gasteiger charge is 2.18. The van der Waals surface area contributed by atoms with Gasteiger partial charge in [-0.25, -0.2) is 0 Å². The Morgan fingerprint density at radius 3 is 2.43 bits per heavy atom. The summed E-state index contributed by atoms with van der Waals surface area (Å²) in [6, 6.07) is 13.2. The Labute approximate surface area is 167 Å². The van der Waals surface area contributed by atoms with Crippen LogP contribution in [0.15, 0.2) is 53.5 Å². The maximum Gasteiger partial charge on any atom is 0.261 e. The summed E-state index contributed by atoms with van der Waals surface area (Å²) in [6.45, 7) is 2.22. The fourth-order valence-electron chi connectivity index (χ4n) is 3.59. The van der Waals surface area contributed by atoms with Crippen LogP contribution < -0.4 is 15.0 Å². The van der Waals surface area contributed by atoms with Crippen molar-refractivity contribution in [3.05, 3.63) is 75.3 Å². The number of methoxy groups -OCH3 is 2. The minimum Gasteiger partial charge on any atom is -0.497 e. The monoisotopic (exact) mass is 394 g/mol. The molecule has 4 aromatic rings. The number of ether oxygens (including phenoxy) is 2. The van der Waals surface area contributed by atoms with Gasteiger partial charge in [-0.05, 0) is 36.8 Å². The van der Waals surface area contributed by atoms with Crippen molar-refractivity contribution in [2.24, 2.45) is 0 Å². The van der Waals surface area contributed by atoms with E-state index in [0.717, 1.165) is 22.1 Å². The SMILES string of the molecule is COc1ccc(Cn2c(=O)c3c(C)nccc3c3ccc(Cl)c(OC)c32)cc1. The van der Waals surface area contributed by atoms with Crippen LogP contribution in [-0.2, 0) is 6.54 Å². The standard InChI is InChI=1S/C22H19ClN2O3/c1-13-19-16(10-11-24-13)17-8-9-18(23)21(28-3)20(17)25(22(19)26)12-14-4-6-15(27-2)7-5-14/h4-11H,12H2,1-3H3. The van der Waals surface area contributed by atoms with E-state index in [2.05, 4.69) is 4.98 Å². The molecule has 28 heavy (non-hydrogen) atoms. The number of halogens is 1. The molecule has 2 aromatic carbocycles. The second kappa shape index (κ2) is 7.17. The van der Waals surface area contributed by atoms with Crippen LogP contribution in [0.4, 0.5) is 0 Å². The molecule has 4 rings (SSSR count). The molecule has 2 aromatic heterocycles. The van der Waals surface area contributed by atoms with Gasteiger partial charge in [0.15, 0.2) is 5.75 Å². The number of rotatable bonds is 4. The quantitative estimate of drug-likeness (QED) is 0.475. The van der Waals surface area contributed by atoms with Crippen LogP contribution in [0.2, 0.25) is 5.02 Å². The lowest BCUT2D eigenvalue weighted by atomic mass is 10.0. The Morgan fingerprint density at radius 2 is 1.75 bits per heavy atom. The smallest absolute Gasteiger partial charge is 0.261 e. The number of benzene rings is 2. The van der Waals surface area contributed by atoms with Crippen LogP contribution in [0.1, 0.15) is 11.3 Å². The summed E-state index contributed by atoms with van der Waals surface area (Å²) < 4.78 is 12.5. The Balaban J connectivity index is 2.09. The predicted octanol–water partition coefficient (Wildman–Crippen LogP) is 4.58. The van der Waals surface area contributed by atoms with Crippen LogP contribution in [0, 0.1) is 6.92 Å². The summed E-state index contributed by atoms with van der Waals surface area (Å²) in [5.74, 6) is 1.25. The van der Waals surface area contributed by atoms with Crippen LogP contribution in [0.5, 0.6) is 11.5 Å². The summed E-state index contributed by atoms with van der Waals surface area (Å²) in [5.41, 5.74) is 2.22. The normalized spacial score (nSPS) is 11.1. The molecule has 0 radical (unpaired) electrons. The molecule has 2 heterocycles. The average Bonchev–Trinajstić information content (AvgIpc) is 2.71. The van der Waals surface area contributed by atoms with Gasteiger partial charge in [0.1, 0.15) is 5.75 Å². The summed E-state index contributed by atoms with van der Waals surface area (Å²) in [7, 11) is 3.18. The lowest BCUT2D eigenvalue weighted by molar-refractivity contribution is 0.414. The molecule has 0 fully saturated rings. The molecule has 0 atom stereocenters. The molecular formula is C22H19ClN2O3. The first-order valence-electron chi connectivity index (χ1n) is 8.82. The molecule has 0 aliphatic rings. The van der Waals surface area contributed by atoms with Gasteiger partial charge in [-0.3, -0.25) is 14.3 Å². The minimum absolute atomic E-state index is 0.121. The Bertz CT molecular complexity index is 1250. The van der Waals surface area contributed by atoms with Gasteiger partial charge in [0, 0.05) is 17.0 Å². The van der Waals surface area contributed by atoms with Gasteiger partial charge >= 0.3 is 0 Å². The zero-order valence-corrected chi connectivity index (χ0v) is 16.6. The third-order valence-corrected chi connectivity index (χ3v) is 5.24. The predicted molar refractivity (Wildman–Crippen MR) is 112 cm³/mol. The van der Waals surface area contributed by atoms with E-state index >= 15 is 0 Å². The Morgan fingerprint density at radius 1 is 1.00 bits per heavy atom. The molecule has 0 amide bonds. The van der Waals surface area contributed by atoms with Crippen LogP contribution in [0.25, 0.3) is 21.7 Å². The number of hydrogen-bond donors (Lipinski definition) is 0. The molecule has 0 spiro atoms. The van der Waals surface area contributed by atoms with Crippen LogP contribution in [-0.4, -0.2) is 23.8 Å². The average molecular weight is 395 g/mol. The molecule has 0 aliphatic heterocycles. The number of aromatic nitrogens is 2. The van der Waals surface area contributed by atoms with Gasteiger partial charge in [0.25, 0.3) is 5.56 Å². The van der Waals surface area contributed by atoms with Gasteiger partial charge in [-0.15, -0.1) is 0 Å². The third kappa shape index (κ3) is 2.88. The molecule has 142 valence electrons. The van der Waals surface area contributed by atoms with Crippen molar-refractivity contribution in [3.63, 3.8) is 0 Å². The van der Waals surface area contributed by atoms with E-state index < -0.39 is 0 Å². The minimum atomic E-state index is -0.121. The van der Waals surface area contributed by atoms with Gasteiger partial charge < -0.3 is 9.47 Å². The highest BCUT2D eigenvalue weighted by atomic mass is 35.5. The molecular weight excluding hydrogens is 376 g/mol. The van der Waals surface area contributed by atoms with E-state index in [1.165, 1.54) is 0 Å². The first kappa shape index (κ1) is 18.3. The molecule has 6 heteroatoms. The fourth-order valence-corrected chi connectivity index (χ4v) is 3.82. The first-order valence-corrected chi connectivity index (χ1v) is 9.20. The number of nitrogens with zero attached hydrogens (tertiary/aromatic N) is 2. The van der Waals surface area contributed by atoms with Crippen molar-refractivity contribution in [2.45, 2.75) is 13.5 Å². The highest BCUT2D eigenvalue weighted by molar-refractivity contribution is 6.33. The van der Waals surface area contributed by atoms with E-state index in [1.54, 1.807) is 31.0 Å². The number of aryl methyl sites for hydroxylation is 1. The van der Waals surface area contributed by atoms with Gasteiger partial charge in [-0.1, -0.05) is 29.8 Å². The summed E-state index contributed by atoms with van der Waals surface area (Å²) >= 11 is 6.38. The Kier molecular flexibility index (Phi) is 4.69. The van der Waals surface area contributed by atoms with Crippen molar-refractivity contribution in [1.82, 2.24) is 9.55 Å². The molecule has 0 unspecified atom stereocenters. The van der Waals surface area contributed by atoms with E-state index in [9.17, 15) is 4.79 Å².